The molecule has 0 unspecified atom stereocenters. The maximum Gasteiger partial charge on any atom is 0.490 e. The highest BCUT2D eigenvalue weighted by Crippen LogP contribution is 2.31. The van der Waals surface area contributed by atoms with Gasteiger partial charge in [0, 0.05) is 28.8 Å². The van der Waals surface area contributed by atoms with E-state index < -0.39 is 17.1 Å². The third-order valence-corrected chi connectivity index (χ3v) is 6.26. The van der Waals surface area contributed by atoms with Crippen LogP contribution in [0.5, 0.6) is 0 Å². The summed E-state index contributed by atoms with van der Waals surface area (Å²) in [4.78, 5) is 4.38. The number of fused-ring (bicyclic) bond motifs is 1. The van der Waals surface area contributed by atoms with Crippen LogP contribution in [0.4, 0.5) is 0 Å². The van der Waals surface area contributed by atoms with E-state index in [1.165, 1.54) is 12.4 Å². The molecule has 4 rings (SSSR count). The summed E-state index contributed by atoms with van der Waals surface area (Å²) in [6, 6.07) is 17.4. The number of aromatic nitrogens is 2. The van der Waals surface area contributed by atoms with Gasteiger partial charge in [0.15, 0.2) is 5.65 Å². The smallest absolute Gasteiger partial charge is 0.423 e. The second-order valence-corrected chi connectivity index (χ2v) is 8.35. The molecule has 0 aliphatic carbocycles. The summed E-state index contributed by atoms with van der Waals surface area (Å²) in [5.74, 6) is 0. The molecule has 0 aliphatic heterocycles. The Kier molecular flexibility index (Phi) is 4.54. The second kappa shape index (κ2) is 6.90. The summed E-state index contributed by atoms with van der Waals surface area (Å²) in [6.07, 6.45) is 2.79. The lowest BCUT2D eigenvalue weighted by atomic mass is 9.81. The maximum atomic E-state index is 13.2. The summed E-state index contributed by atoms with van der Waals surface area (Å²) in [6.45, 7) is 1.89. The quantitative estimate of drug-likeness (QED) is 0.518. The van der Waals surface area contributed by atoms with Crippen molar-refractivity contribution in [3.8, 4) is 11.1 Å². The molecular weight excluding hydrogens is 375 g/mol. The number of aryl methyl sites for hydroxylation is 1. The molecule has 4 aromatic rings. The van der Waals surface area contributed by atoms with Crippen LogP contribution in [-0.2, 0) is 10.0 Å². The highest BCUT2D eigenvalue weighted by molar-refractivity contribution is 7.90. The van der Waals surface area contributed by atoms with E-state index in [1.807, 2.05) is 37.3 Å². The van der Waals surface area contributed by atoms with E-state index in [1.54, 1.807) is 30.3 Å². The molecular formula is C20H17BN2O4S. The molecule has 0 spiro atoms. The molecule has 140 valence electrons. The molecule has 0 radical (unpaired) electrons. The number of hydrogen-bond donors (Lipinski definition) is 2. The van der Waals surface area contributed by atoms with Crippen LogP contribution in [0, 0.1) is 6.92 Å². The number of nitrogens with zero attached hydrogens (tertiary/aromatic N) is 2. The maximum absolute atomic E-state index is 13.2. The highest BCUT2D eigenvalue weighted by atomic mass is 32.2. The lowest BCUT2D eigenvalue weighted by Crippen LogP contribution is -2.30. The van der Waals surface area contributed by atoms with Crippen LogP contribution in [0.25, 0.3) is 22.2 Å². The Morgan fingerprint density at radius 3 is 2.32 bits per heavy atom. The van der Waals surface area contributed by atoms with E-state index in [-0.39, 0.29) is 16.0 Å². The van der Waals surface area contributed by atoms with Gasteiger partial charge >= 0.3 is 7.12 Å². The molecule has 6 nitrogen and oxygen atoms in total. The minimum absolute atomic E-state index is 0.155. The van der Waals surface area contributed by atoms with Crippen LogP contribution in [0.3, 0.4) is 0 Å². The summed E-state index contributed by atoms with van der Waals surface area (Å²) in [5.41, 5.74) is 2.82. The van der Waals surface area contributed by atoms with Crippen LogP contribution in [0.2, 0.25) is 0 Å². The first-order valence-electron chi connectivity index (χ1n) is 8.63. The minimum atomic E-state index is -3.87. The fourth-order valence-electron chi connectivity index (χ4n) is 3.09. The summed E-state index contributed by atoms with van der Waals surface area (Å²) < 4.78 is 27.6. The van der Waals surface area contributed by atoms with E-state index in [0.717, 1.165) is 15.1 Å². The van der Waals surface area contributed by atoms with Gasteiger partial charge in [-0.3, -0.25) is 0 Å². The van der Waals surface area contributed by atoms with Gasteiger partial charge in [0.25, 0.3) is 10.0 Å². The summed E-state index contributed by atoms with van der Waals surface area (Å²) in [5, 5.41) is 19.5. The molecule has 2 aromatic carbocycles. The van der Waals surface area contributed by atoms with Crippen molar-refractivity contribution < 1.29 is 18.5 Å². The van der Waals surface area contributed by atoms with Crippen LogP contribution in [-0.4, -0.2) is 34.5 Å². The van der Waals surface area contributed by atoms with Gasteiger partial charge in [0.2, 0.25) is 0 Å². The Hall–Kier alpha value is -2.94. The van der Waals surface area contributed by atoms with Gasteiger partial charge in [-0.15, -0.1) is 0 Å². The predicted octanol–water partition coefficient (Wildman–Crippen LogP) is 1.93. The van der Waals surface area contributed by atoms with Gasteiger partial charge in [-0.25, -0.2) is 17.4 Å². The highest BCUT2D eigenvalue weighted by Gasteiger charge is 2.24. The average molecular weight is 392 g/mol. The Bertz CT molecular complexity index is 1250. The van der Waals surface area contributed by atoms with Crippen molar-refractivity contribution >= 4 is 33.6 Å². The fraction of sp³-hybridized carbons (Fsp3) is 0.0500. The van der Waals surface area contributed by atoms with Crippen molar-refractivity contribution in [3.05, 3.63) is 78.6 Å². The van der Waals surface area contributed by atoms with E-state index in [4.69, 9.17) is 0 Å². The molecule has 2 heterocycles. The van der Waals surface area contributed by atoms with Crippen molar-refractivity contribution in [2.75, 3.05) is 0 Å². The SMILES string of the molecule is Cc1ccc(S(=O)(=O)n2cc(-c3ccccc3)c3cc(B(O)O)cnc32)cc1. The predicted molar refractivity (Wildman–Crippen MR) is 109 cm³/mol. The van der Waals surface area contributed by atoms with Crippen LogP contribution >= 0.6 is 0 Å². The molecule has 28 heavy (non-hydrogen) atoms. The Labute approximate surface area is 162 Å². The van der Waals surface area contributed by atoms with Gasteiger partial charge in [0.05, 0.1) is 4.90 Å². The number of pyridine rings is 1. The minimum Gasteiger partial charge on any atom is -0.423 e. The summed E-state index contributed by atoms with van der Waals surface area (Å²) in [7, 11) is -5.57. The first kappa shape index (κ1) is 18.4. The van der Waals surface area contributed by atoms with E-state index in [2.05, 4.69) is 4.98 Å². The monoisotopic (exact) mass is 392 g/mol. The van der Waals surface area contributed by atoms with Crippen molar-refractivity contribution in [2.45, 2.75) is 11.8 Å². The zero-order valence-electron chi connectivity index (χ0n) is 15.0. The zero-order chi connectivity index (χ0) is 19.9. The standard InChI is InChI=1S/C20H17BN2O4S/c1-14-7-9-17(10-8-14)28(26,27)23-13-19(15-5-3-2-4-6-15)18-11-16(21(24)25)12-22-20(18)23/h2-13,24-25H,1H3. The number of hydrogen-bond acceptors (Lipinski definition) is 5. The largest absolute Gasteiger partial charge is 0.490 e. The summed E-state index contributed by atoms with van der Waals surface area (Å²) >= 11 is 0. The molecule has 2 aromatic heterocycles. The first-order valence-corrected chi connectivity index (χ1v) is 10.1. The molecule has 0 aliphatic rings. The molecule has 8 heteroatoms. The van der Waals surface area contributed by atoms with Gasteiger partial charge in [-0.2, -0.15) is 0 Å². The molecule has 0 amide bonds. The van der Waals surface area contributed by atoms with Crippen LogP contribution in [0.1, 0.15) is 5.56 Å². The van der Waals surface area contributed by atoms with Gasteiger partial charge in [-0.1, -0.05) is 48.0 Å². The van der Waals surface area contributed by atoms with Gasteiger partial charge in [0.1, 0.15) is 0 Å². The Balaban J connectivity index is 2.01. The van der Waals surface area contributed by atoms with Gasteiger partial charge in [-0.05, 0) is 30.7 Å². The van der Waals surface area contributed by atoms with Crippen molar-refractivity contribution in [1.29, 1.82) is 0 Å². The van der Waals surface area contributed by atoms with E-state index >= 15 is 0 Å². The van der Waals surface area contributed by atoms with Crippen LogP contribution in [0.15, 0.2) is 78.0 Å². The molecule has 0 bridgehead atoms. The fourth-order valence-corrected chi connectivity index (χ4v) is 4.42. The lowest BCUT2D eigenvalue weighted by Gasteiger charge is -2.07. The molecule has 0 fully saturated rings. The Morgan fingerprint density at radius 2 is 1.68 bits per heavy atom. The third kappa shape index (κ3) is 3.11. The van der Waals surface area contributed by atoms with Gasteiger partial charge < -0.3 is 10.0 Å². The topological polar surface area (TPSA) is 92.4 Å². The van der Waals surface area contributed by atoms with Crippen LogP contribution < -0.4 is 5.46 Å². The molecule has 0 atom stereocenters. The second-order valence-electron chi connectivity index (χ2n) is 6.54. The van der Waals surface area contributed by atoms with E-state index in [9.17, 15) is 18.5 Å². The zero-order valence-corrected chi connectivity index (χ0v) is 15.8. The lowest BCUT2D eigenvalue weighted by molar-refractivity contribution is 0.425. The Morgan fingerprint density at radius 1 is 1.00 bits per heavy atom. The van der Waals surface area contributed by atoms with Crippen molar-refractivity contribution in [1.82, 2.24) is 8.96 Å². The van der Waals surface area contributed by atoms with Crippen molar-refractivity contribution in [2.24, 2.45) is 0 Å². The first-order chi connectivity index (χ1) is 13.4. The van der Waals surface area contributed by atoms with E-state index in [0.29, 0.717) is 10.9 Å². The molecule has 0 saturated heterocycles. The molecule has 2 N–H and O–H groups in total. The third-order valence-electron chi connectivity index (χ3n) is 4.59. The molecule has 0 saturated carbocycles. The van der Waals surface area contributed by atoms with Crippen molar-refractivity contribution in [3.63, 3.8) is 0 Å². The normalized spacial score (nSPS) is 11.7. The number of rotatable bonds is 4. The average Bonchev–Trinajstić information content (AvgIpc) is 3.08. The number of benzene rings is 2.